The number of rotatable bonds is 13. The maximum Gasteiger partial charge on any atom is -0.369 e. The molecule has 17 heteroatoms. The van der Waals surface area contributed by atoms with Crippen molar-refractivity contribution in [3.05, 3.63) is 95.2 Å². The molecule has 0 aromatic carbocycles. The number of esters is 3. The van der Waals surface area contributed by atoms with Crippen molar-refractivity contribution in [2.45, 2.75) is 100 Å². The summed E-state index contributed by atoms with van der Waals surface area (Å²) in [6.45, 7) is 24.9. The first-order chi connectivity index (χ1) is 26.3. The third-order valence-corrected chi connectivity index (χ3v) is 10.8. The van der Waals surface area contributed by atoms with E-state index >= 15 is 0 Å². The second kappa shape index (κ2) is 19.8. The molecule has 0 radical (unpaired) electrons. The molecule has 0 aromatic heterocycles. The molecule has 0 aliphatic heterocycles. The Hall–Kier alpha value is -4.61. The van der Waals surface area contributed by atoms with Crippen molar-refractivity contribution in [1.29, 1.82) is 0 Å². The van der Waals surface area contributed by atoms with Crippen LogP contribution in [0.1, 0.15) is 88.0 Å². The van der Waals surface area contributed by atoms with Crippen molar-refractivity contribution in [2.24, 2.45) is 34.5 Å². The minimum atomic E-state index is -10.8. The summed E-state index contributed by atoms with van der Waals surface area (Å²) in [5.41, 5.74) is 4.52. The van der Waals surface area contributed by atoms with Crippen molar-refractivity contribution in [3.63, 3.8) is 0 Å². The first kappa shape index (κ1) is 55.4. The first-order valence-corrected chi connectivity index (χ1v) is 21.1. The van der Waals surface area contributed by atoms with Crippen LogP contribution in [0.5, 0.6) is 0 Å². The largest absolute Gasteiger partial charge is 0.369 e. The predicted octanol–water partition coefficient (Wildman–Crippen LogP) is 11.2. The molecule has 4 aliphatic rings. The van der Waals surface area contributed by atoms with Gasteiger partial charge in [0.05, 0.1) is 31.8 Å². The fourth-order valence-corrected chi connectivity index (χ4v) is 7.25. The number of hydrogen-bond acceptors (Lipinski definition) is 8. The van der Waals surface area contributed by atoms with Crippen LogP contribution in [-0.2, 0) is 38.2 Å². The molecule has 0 heterocycles. The molecule has 0 aromatic rings. The number of Topliss-reactive ketones (excluding diaryl/α,β-unsaturated/α-hetero) is 2. The molecule has 0 spiro atoms. The predicted molar refractivity (Wildman–Crippen MR) is 223 cm³/mol. The van der Waals surface area contributed by atoms with E-state index in [4.69, 9.17) is 14.2 Å². The minimum absolute atomic E-state index is 0. The van der Waals surface area contributed by atoms with Crippen LogP contribution in [0.3, 0.4) is 0 Å². The van der Waals surface area contributed by atoms with Crippen LogP contribution >= 0.6 is 0 Å². The van der Waals surface area contributed by atoms with Gasteiger partial charge in [-0.1, -0.05) is 95.0 Å². The van der Waals surface area contributed by atoms with E-state index in [1.54, 1.807) is 31.2 Å². The maximum atomic E-state index is 12.7. The van der Waals surface area contributed by atoms with Crippen LogP contribution in [0.2, 0.25) is 0 Å². The number of allylic oxidation sites excluding steroid dienone is 11. The monoisotopic (exact) mass is 878 g/mol. The van der Waals surface area contributed by atoms with Gasteiger partial charge in [0, 0.05) is 16.7 Å². The van der Waals surface area contributed by atoms with E-state index in [1.807, 2.05) is 59.8 Å². The molecule has 8 N–H and O–H groups in total. The third kappa shape index (κ3) is 16.1. The molecule has 2 fully saturated rings. The van der Waals surface area contributed by atoms with Gasteiger partial charge < -0.3 is 26.5 Å². The zero-order valence-corrected chi connectivity index (χ0v) is 37.9. The van der Waals surface area contributed by atoms with Gasteiger partial charge in [0.1, 0.15) is 12.2 Å². The molecule has 6 atom stereocenters. The standard InChI is InChI=1S/C22H28O5.C21H28O3.F6Si.2H3N/c1-7-8-9-10-15-14(3)18(12-17(15)23)27-21(25)19-16(22(19,4)5)11-13(2)20(24)26-6;1-7-8-9-10-15-14(4)18(12-17(15)22)24-20(23)19-16(11-13(2)3)21(19,5)6;1-7(2,3,4,5)6;;/h7-9,11,16,18-19H,1,10,12H2,2-6H3;7-9,11,16,18-19H,1,10,12H2,2-6H3;;2*1H3/q;;-2;;/p+2/b9-8-,13-11+;9-8-;;;/t2*16-,18+,19+;;;/m11.../s1. The van der Waals surface area contributed by atoms with Gasteiger partial charge in [-0.25, -0.2) is 4.79 Å². The number of ketones is 2. The third-order valence-electron chi connectivity index (χ3n) is 10.8. The Morgan fingerprint density at radius 2 is 1.03 bits per heavy atom. The maximum absolute atomic E-state index is 12.7. The van der Waals surface area contributed by atoms with Gasteiger partial charge in [0.15, 0.2) is 11.6 Å². The Morgan fingerprint density at radius 1 is 0.700 bits per heavy atom. The molecule has 4 aliphatic carbocycles. The first-order valence-electron chi connectivity index (χ1n) is 18.8. The average Bonchev–Trinajstić information content (AvgIpc) is 3.72. The van der Waals surface area contributed by atoms with E-state index in [0.717, 1.165) is 16.7 Å². The van der Waals surface area contributed by atoms with Crippen molar-refractivity contribution >= 4 is 38.1 Å². The normalized spacial score (nSPS) is 26.2. The fraction of sp³-hybridized carbons (Fsp3) is 0.512. The zero-order valence-electron chi connectivity index (χ0n) is 36.9. The topological polar surface area (TPSA) is 186 Å². The van der Waals surface area contributed by atoms with Gasteiger partial charge in [-0.05, 0) is 81.3 Å². The van der Waals surface area contributed by atoms with Gasteiger partial charge in [0.25, 0.3) is 0 Å². The number of hydrogen-bond donors (Lipinski definition) is 2. The van der Waals surface area contributed by atoms with E-state index < -0.39 is 26.8 Å². The van der Waals surface area contributed by atoms with E-state index in [1.165, 1.54) is 12.7 Å². The molecule has 10 nitrogen and oxygen atoms in total. The Kier molecular flexibility index (Phi) is 18.3. The van der Waals surface area contributed by atoms with Crippen LogP contribution in [0.4, 0.5) is 24.6 Å². The van der Waals surface area contributed by atoms with Crippen LogP contribution in [0.15, 0.2) is 95.2 Å². The smallest absolute Gasteiger partial charge is 0.369 e. The van der Waals surface area contributed by atoms with E-state index in [-0.39, 0.29) is 83.1 Å². The second-order valence-corrected chi connectivity index (χ2v) is 18.6. The van der Waals surface area contributed by atoms with Crippen molar-refractivity contribution in [3.8, 4) is 0 Å². The zero-order chi connectivity index (χ0) is 44.8. The molecular weight excluding hydrogens is 815 g/mol. The van der Waals surface area contributed by atoms with Gasteiger partial charge in [-0.2, -0.15) is 0 Å². The SMILES string of the molecule is C=C/C=C\CC1=C(C)[C@@H](OC(=O)[C@@H]2[C@@H](/C=C(\C)C(=O)OC)C2(C)C)CC1=O.C=C/C=C\CC1=C(C)[C@@H](OC(=O)[C@@H]2[C@@H](C=C(C)C)C2(C)C)CC1=O.F[Si-2](F)(F)(F)(F)F.[NH4+].[NH4+]. The summed E-state index contributed by atoms with van der Waals surface area (Å²) in [5, 5.41) is 0. The number of quaternary nitrogens is 2. The molecule has 0 amide bonds. The Bertz CT molecular complexity index is 1880. The summed E-state index contributed by atoms with van der Waals surface area (Å²) in [5.74, 6) is -1.10. The molecule has 2 saturated carbocycles. The average molecular weight is 879 g/mol. The van der Waals surface area contributed by atoms with Crippen LogP contribution in [0.25, 0.3) is 0 Å². The van der Waals surface area contributed by atoms with Crippen LogP contribution in [0, 0.1) is 34.5 Å². The summed E-state index contributed by atoms with van der Waals surface area (Å²) < 4.78 is 75.4. The Morgan fingerprint density at radius 3 is 1.33 bits per heavy atom. The van der Waals surface area contributed by atoms with Gasteiger partial charge in [-0.15, -0.1) is 0 Å². The molecular formula is C43H64F6N2O8Si. The number of methoxy groups -OCH3 is 1. The fourth-order valence-electron chi connectivity index (χ4n) is 7.25. The second-order valence-electron chi connectivity index (χ2n) is 16.5. The van der Waals surface area contributed by atoms with Crippen LogP contribution < -0.4 is 12.3 Å². The summed E-state index contributed by atoms with van der Waals surface area (Å²) in [6.07, 6.45) is 15.3. The van der Waals surface area contributed by atoms with Gasteiger partial charge >= 0.3 is 51.2 Å². The molecule has 60 heavy (non-hydrogen) atoms. The summed E-state index contributed by atoms with van der Waals surface area (Å²) in [7, 11) is -9.51. The number of halogens is 6. The van der Waals surface area contributed by atoms with Crippen molar-refractivity contribution in [2.75, 3.05) is 7.11 Å². The van der Waals surface area contributed by atoms with E-state index in [0.29, 0.717) is 24.0 Å². The van der Waals surface area contributed by atoms with Crippen molar-refractivity contribution in [1.82, 2.24) is 12.3 Å². The van der Waals surface area contributed by atoms with E-state index in [2.05, 4.69) is 33.1 Å². The Labute approximate surface area is 349 Å². The van der Waals surface area contributed by atoms with Crippen molar-refractivity contribution < 1.29 is 62.8 Å². The Balaban J connectivity index is 0.000000977. The number of carbonyl (C=O) groups is 5. The molecule has 0 bridgehead atoms. The number of carbonyl (C=O) groups excluding carboxylic acids is 5. The molecule has 0 unspecified atom stereocenters. The summed E-state index contributed by atoms with van der Waals surface area (Å²) >= 11 is 0. The quantitative estimate of drug-likeness (QED) is 0.0267. The number of ether oxygens (including phenoxy) is 3. The van der Waals surface area contributed by atoms with Crippen LogP contribution in [-0.4, -0.2) is 57.4 Å². The summed E-state index contributed by atoms with van der Waals surface area (Å²) in [4.78, 5) is 61.3. The van der Waals surface area contributed by atoms with Gasteiger partial charge in [0.2, 0.25) is 0 Å². The molecule has 340 valence electrons. The van der Waals surface area contributed by atoms with Gasteiger partial charge in [-0.3, -0.25) is 19.2 Å². The summed E-state index contributed by atoms with van der Waals surface area (Å²) in [6, 6.07) is 0. The molecule has 0 saturated heterocycles. The minimum Gasteiger partial charge on any atom is -0.369 e. The molecule has 4 rings (SSSR count). The van der Waals surface area contributed by atoms with E-state index in [9.17, 15) is 48.6 Å².